The van der Waals surface area contributed by atoms with E-state index in [1.165, 1.54) is 30.3 Å². The number of nitrogens with zero attached hydrogens (tertiary/aromatic N) is 2. The Bertz CT molecular complexity index is 1340. The Hall–Kier alpha value is -4.34. The van der Waals surface area contributed by atoms with Crippen molar-refractivity contribution in [1.29, 1.82) is 0 Å². The predicted molar refractivity (Wildman–Crippen MR) is 113 cm³/mol. The van der Waals surface area contributed by atoms with Gasteiger partial charge in [-0.2, -0.15) is 4.68 Å². The summed E-state index contributed by atoms with van der Waals surface area (Å²) >= 11 is 0. The van der Waals surface area contributed by atoms with Gasteiger partial charge in [-0.25, -0.2) is 13.6 Å². The monoisotopic (exact) mass is 453 g/mol. The zero-order chi connectivity index (χ0) is 23.5. The summed E-state index contributed by atoms with van der Waals surface area (Å²) < 4.78 is 38.0. The van der Waals surface area contributed by atoms with Gasteiger partial charge in [0.1, 0.15) is 17.2 Å². The van der Waals surface area contributed by atoms with E-state index in [0.717, 1.165) is 28.9 Å². The number of aromatic nitrogens is 2. The standard InChI is InChI=1S/C23H17F2N3O5/c1-2-11-32-23(31)18-12-17-19(33-18)20(26-21(29)13-3-7-15(24)8-4-13)27-28(17)22(30)14-5-9-16(25)10-6-14/h3-10,12H,2,11H2,1H3,(H,26,27,29). The van der Waals surface area contributed by atoms with Crippen molar-refractivity contribution >= 4 is 34.7 Å². The number of amides is 1. The van der Waals surface area contributed by atoms with Crippen molar-refractivity contribution in [3.8, 4) is 0 Å². The highest BCUT2D eigenvalue weighted by Crippen LogP contribution is 2.28. The summed E-state index contributed by atoms with van der Waals surface area (Å²) in [7, 11) is 0. The number of fused-ring (bicyclic) bond motifs is 1. The second kappa shape index (κ2) is 9.03. The number of halogens is 2. The molecular weight excluding hydrogens is 436 g/mol. The summed E-state index contributed by atoms with van der Waals surface area (Å²) in [5, 5.41) is 6.62. The Morgan fingerprint density at radius 1 is 1.00 bits per heavy atom. The maximum atomic E-state index is 13.3. The van der Waals surface area contributed by atoms with Crippen LogP contribution in [0.25, 0.3) is 11.1 Å². The van der Waals surface area contributed by atoms with Gasteiger partial charge in [-0.05, 0) is 55.0 Å². The van der Waals surface area contributed by atoms with Crippen LogP contribution in [0.15, 0.2) is 59.0 Å². The summed E-state index contributed by atoms with van der Waals surface area (Å²) in [6.45, 7) is 2.00. The fourth-order valence-corrected chi connectivity index (χ4v) is 3.01. The van der Waals surface area contributed by atoms with Crippen LogP contribution in [0.5, 0.6) is 0 Å². The molecular formula is C23H17F2N3O5. The zero-order valence-electron chi connectivity index (χ0n) is 17.3. The third kappa shape index (κ3) is 4.49. The van der Waals surface area contributed by atoms with Gasteiger partial charge in [0.15, 0.2) is 11.4 Å². The highest BCUT2D eigenvalue weighted by molar-refractivity contribution is 6.09. The molecule has 0 aliphatic rings. The molecule has 2 heterocycles. The van der Waals surface area contributed by atoms with Gasteiger partial charge in [0.25, 0.3) is 11.8 Å². The van der Waals surface area contributed by atoms with Crippen molar-refractivity contribution in [3.05, 3.63) is 83.1 Å². The SMILES string of the molecule is CCCOC(=O)c1cc2c(o1)c(NC(=O)c1ccc(F)cc1)nn2C(=O)c1ccc(F)cc1. The first-order valence-electron chi connectivity index (χ1n) is 9.94. The Morgan fingerprint density at radius 3 is 2.21 bits per heavy atom. The van der Waals surface area contributed by atoms with Crippen LogP contribution in [0.3, 0.4) is 0 Å². The molecule has 0 fully saturated rings. The molecule has 0 aliphatic heterocycles. The molecule has 0 aliphatic carbocycles. The lowest BCUT2D eigenvalue weighted by atomic mass is 10.2. The number of hydrogen-bond donors (Lipinski definition) is 1. The van der Waals surface area contributed by atoms with E-state index in [0.29, 0.717) is 6.42 Å². The first-order valence-corrected chi connectivity index (χ1v) is 9.94. The van der Waals surface area contributed by atoms with Gasteiger partial charge < -0.3 is 14.5 Å². The summed E-state index contributed by atoms with van der Waals surface area (Å²) in [6, 6.07) is 10.9. The number of carbonyl (C=O) groups is 3. The average molecular weight is 453 g/mol. The van der Waals surface area contributed by atoms with Crippen LogP contribution in [-0.2, 0) is 4.74 Å². The molecule has 0 atom stereocenters. The molecule has 0 saturated carbocycles. The molecule has 1 amide bonds. The lowest BCUT2D eigenvalue weighted by Crippen LogP contribution is -2.16. The number of anilines is 1. The van der Waals surface area contributed by atoms with Gasteiger partial charge in [-0.15, -0.1) is 5.10 Å². The fourth-order valence-electron chi connectivity index (χ4n) is 3.01. The third-order valence-corrected chi connectivity index (χ3v) is 4.62. The molecule has 4 rings (SSSR count). The number of esters is 1. The van der Waals surface area contributed by atoms with E-state index in [-0.39, 0.29) is 40.4 Å². The molecule has 2 aromatic heterocycles. The van der Waals surface area contributed by atoms with Crippen molar-refractivity contribution in [3.63, 3.8) is 0 Å². The molecule has 8 nitrogen and oxygen atoms in total. The molecule has 10 heteroatoms. The molecule has 4 aromatic rings. The number of carbonyl (C=O) groups excluding carboxylic acids is 3. The molecule has 0 bridgehead atoms. The molecule has 0 radical (unpaired) electrons. The maximum absolute atomic E-state index is 13.3. The second-order valence-electron chi connectivity index (χ2n) is 6.99. The van der Waals surface area contributed by atoms with E-state index in [4.69, 9.17) is 9.15 Å². The fraction of sp³-hybridized carbons (Fsp3) is 0.130. The van der Waals surface area contributed by atoms with Gasteiger partial charge in [0.2, 0.25) is 5.76 Å². The molecule has 33 heavy (non-hydrogen) atoms. The number of rotatable bonds is 6. The Kier molecular flexibility index (Phi) is 5.99. The molecule has 0 saturated heterocycles. The van der Waals surface area contributed by atoms with Crippen molar-refractivity contribution in [1.82, 2.24) is 9.78 Å². The lowest BCUT2D eigenvalue weighted by molar-refractivity contribution is 0.0471. The maximum Gasteiger partial charge on any atom is 0.374 e. The minimum atomic E-state index is -0.746. The smallest absolute Gasteiger partial charge is 0.374 e. The van der Waals surface area contributed by atoms with E-state index in [9.17, 15) is 23.2 Å². The Labute approximate surface area is 185 Å². The minimum absolute atomic E-state index is 0.0376. The molecule has 0 unspecified atom stereocenters. The Morgan fingerprint density at radius 2 is 1.61 bits per heavy atom. The van der Waals surface area contributed by atoms with Crippen molar-refractivity contribution < 1.29 is 32.3 Å². The highest BCUT2D eigenvalue weighted by Gasteiger charge is 2.25. The molecule has 1 N–H and O–H groups in total. The van der Waals surface area contributed by atoms with E-state index >= 15 is 0 Å². The van der Waals surface area contributed by atoms with Gasteiger partial charge >= 0.3 is 5.97 Å². The van der Waals surface area contributed by atoms with Crippen LogP contribution < -0.4 is 5.32 Å². The quantitative estimate of drug-likeness (QED) is 0.434. The molecule has 0 spiro atoms. The highest BCUT2D eigenvalue weighted by atomic mass is 19.1. The van der Waals surface area contributed by atoms with Crippen LogP contribution in [0.2, 0.25) is 0 Å². The lowest BCUT2D eigenvalue weighted by Gasteiger charge is -2.03. The van der Waals surface area contributed by atoms with Crippen molar-refractivity contribution in [2.24, 2.45) is 0 Å². The normalized spacial score (nSPS) is 10.9. The molecule has 168 valence electrons. The van der Waals surface area contributed by atoms with E-state index in [2.05, 4.69) is 10.4 Å². The second-order valence-corrected chi connectivity index (χ2v) is 6.99. The van der Waals surface area contributed by atoms with Crippen LogP contribution in [0.4, 0.5) is 14.6 Å². The van der Waals surface area contributed by atoms with Gasteiger partial charge in [-0.1, -0.05) is 6.92 Å². The summed E-state index contributed by atoms with van der Waals surface area (Å²) in [6.07, 6.45) is 0.599. The third-order valence-electron chi connectivity index (χ3n) is 4.62. The van der Waals surface area contributed by atoms with Crippen LogP contribution >= 0.6 is 0 Å². The van der Waals surface area contributed by atoms with Crippen LogP contribution in [0.1, 0.15) is 44.6 Å². The summed E-state index contributed by atoms with van der Waals surface area (Å²) in [5.41, 5.74) is 0.318. The topological polar surface area (TPSA) is 103 Å². The van der Waals surface area contributed by atoms with E-state index in [1.54, 1.807) is 0 Å². The van der Waals surface area contributed by atoms with Crippen LogP contribution in [0, 0.1) is 11.6 Å². The number of furan rings is 1. The largest absolute Gasteiger partial charge is 0.460 e. The van der Waals surface area contributed by atoms with Crippen molar-refractivity contribution in [2.75, 3.05) is 11.9 Å². The zero-order valence-corrected chi connectivity index (χ0v) is 17.3. The summed E-state index contributed by atoms with van der Waals surface area (Å²) in [5.74, 6) is -3.38. The predicted octanol–water partition coefficient (Wildman–Crippen LogP) is 4.42. The van der Waals surface area contributed by atoms with Gasteiger partial charge in [0.05, 0.1) is 6.61 Å². The van der Waals surface area contributed by atoms with Crippen LogP contribution in [-0.4, -0.2) is 34.2 Å². The number of nitrogens with one attached hydrogen (secondary N) is 1. The first kappa shape index (κ1) is 21.9. The first-order chi connectivity index (χ1) is 15.9. The van der Waals surface area contributed by atoms with E-state index < -0.39 is 29.4 Å². The van der Waals surface area contributed by atoms with Gasteiger partial charge in [0, 0.05) is 17.2 Å². The Balaban J connectivity index is 1.74. The van der Waals surface area contributed by atoms with Gasteiger partial charge in [-0.3, -0.25) is 9.59 Å². The number of hydrogen-bond acceptors (Lipinski definition) is 6. The average Bonchev–Trinajstić information content (AvgIpc) is 3.38. The van der Waals surface area contributed by atoms with E-state index in [1.807, 2.05) is 6.92 Å². The number of benzene rings is 2. The molecule has 2 aromatic carbocycles. The number of ether oxygens (including phenoxy) is 1. The minimum Gasteiger partial charge on any atom is -0.460 e. The van der Waals surface area contributed by atoms with Crippen molar-refractivity contribution in [2.45, 2.75) is 13.3 Å². The summed E-state index contributed by atoms with van der Waals surface area (Å²) in [4.78, 5) is 37.8.